The molecule has 0 saturated heterocycles. The zero-order valence-electron chi connectivity index (χ0n) is 11.1. The van der Waals surface area contributed by atoms with E-state index < -0.39 is 0 Å². The molecule has 3 rings (SSSR count). The van der Waals surface area contributed by atoms with Gasteiger partial charge in [-0.05, 0) is 13.0 Å². The third-order valence-electron chi connectivity index (χ3n) is 3.05. The maximum Gasteiger partial charge on any atom is 0.256 e. The summed E-state index contributed by atoms with van der Waals surface area (Å²) in [7, 11) is 0. The molecular formula is C15H14N4O. The Morgan fingerprint density at radius 2 is 2.05 bits per heavy atom. The minimum Gasteiger partial charge on any atom is -0.352 e. The van der Waals surface area contributed by atoms with Crippen molar-refractivity contribution in [3.8, 4) is 11.3 Å². The number of carbonyl (C=O) groups excluding carboxylic acids is 1. The molecule has 0 spiro atoms. The van der Waals surface area contributed by atoms with Gasteiger partial charge in [-0.1, -0.05) is 30.3 Å². The molecule has 100 valence electrons. The second-order valence-corrected chi connectivity index (χ2v) is 4.35. The van der Waals surface area contributed by atoms with Crippen molar-refractivity contribution < 1.29 is 4.79 Å². The summed E-state index contributed by atoms with van der Waals surface area (Å²) in [5.41, 5.74) is 3.00. The molecule has 0 radical (unpaired) electrons. The lowest BCUT2D eigenvalue weighted by Gasteiger charge is -2.04. The van der Waals surface area contributed by atoms with Crippen LogP contribution in [0, 0.1) is 0 Å². The first-order valence-corrected chi connectivity index (χ1v) is 6.47. The lowest BCUT2D eigenvalue weighted by molar-refractivity contribution is 0.0957. The van der Waals surface area contributed by atoms with Gasteiger partial charge in [-0.2, -0.15) is 5.10 Å². The largest absolute Gasteiger partial charge is 0.352 e. The number of hydrogen-bond acceptors (Lipinski definition) is 3. The third-order valence-corrected chi connectivity index (χ3v) is 3.05. The van der Waals surface area contributed by atoms with Gasteiger partial charge in [-0.3, -0.25) is 4.79 Å². The van der Waals surface area contributed by atoms with Crippen LogP contribution in [0.5, 0.6) is 0 Å². The van der Waals surface area contributed by atoms with Crippen molar-refractivity contribution in [2.45, 2.75) is 6.92 Å². The van der Waals surface area contributed by atoms with Gasteiger partial charge in [0.15, 0.2) is 5.65 Å². The highest BCUT2D eigenvalue weighted by molar-refractivity contribution is 5.99. The molecular weight excluding hydrogens is 252 g/mol. The molecule has 1 aromatic carbocycles. The molecule has 5 heteroatoms. The normalized spacial score (nSPS) is 10.7. The standard InChI is InChI=1S/C15H14N4O/c1-2-16-15(20)12-10-18-19-13(8-9-17-14(12)19)11-6-4-3-5-7-11/h3-10H,2H2,1H3,(H,16,20). The van der Waals surface area contributed by atoms with E-state index in [1.807, 2.05) is 43.3 Å². The number of benzene rings is 1. The van der Waals surface area contributed by atoms with E-state index in [2.05, 4.69) is 15.4 Å². The Morgan fingerprint density at radius 3 is 2.80 bits per heavy atom. The van der Waals surface area contributed by atoms with E-state index in [1.54, 1.807) is 16.9 Å². The van der Waals surface area contributed by atoms with Gasteiger partial charge in [0.2, 0.25) is 0 Å². The van der Waals surface area contributed by atoms with Gasteiger partial charge >= 0.3 is 0 Å². The quantitative estimate of drug-likeness (QED) is 0.790. The number of aromatic nitrogens is 3. The fourth-order valence-electron chi connectivity index (χ4n) is 2.13. The van der Waals surface area contributed by atoms with Crippen LogP contribution >= 0.6 is 0 Å². The fraction of sp³-hybridized carbons (Fsp3) is 0.133. The van der Waals surface area contributed by atoms with Gasteiger partial charge < -0.3 is 5.32 Å². The SMILES string of the molecule is CCNC(=O)c1cnn2c(-c3ccccc3)ccnc12. The Hall–Kier alpha value is -2.69. The first-order valence-electron chi connectivity index (χ1n) is 6.47. The van der Waals surface area contributed by atoms with E-state index >= 15 is 0 Å². The van der Waals surface area contributed by atoms with Crippen molar-refractivity contribution in [1.82, 2.24) is 19.9 Å². The third kappa shape index (κ3) is 2.03. The summed E-state index contributed by atoms with van der Waals surface area (Å²) in [5.74, 6) is -0.153. The molecule has 0 saturated carbocycles. The highest BCUT2D eigenvalue weighted by Gasteiger charge is 2.15. The molecule has 0 atom stereocenters. The summed E-state index contributed by atoms with van der Waals surface area (Å²) in [5, 5.41) is 7.06. The number of fused-ring (bicyclic) bond motifs is 1. The molecule has 0 aliphatic heterocycles. The highest BCUT2D eigenvalue weighted by atomic mass is 16.1. The minimum absolute atomic E-state index is 0.153. The van der Waals surface area contributed by atoms with Crippen LogP contribution in [0.3, 0.4) is 0 Å². The van der Waals surface area contributed by atoms with Crippen molar-refractivity contribution in [2.75, 3.05) is 6.54 Å². The molecule has 1 N–H and O–H groups in total. The van der Waals surface area contributed by atoms with Crippen molar-refractivity contribution in [1.29, 1.82) is 0 Å². The van der Waals surface area contributed by atoms with E-state index in [1.165, 1.54) is 0 Å². The fourth-order valence-corrected chi connectivity index (χ4v) is 2.13. The van der Waals surface area contributed by atoms with Gasteiger partial charge in [-0.15, -0.1) is 0 Å². The van der Waals surface area contributed by atoms with E-state index in [0.29, 0.717) is 17.8 Å². The second kappa shape index (κ2) is 5.13. The minimum atomic E-state index is -0.153. The predicted molar refractivity (Wildman–Crippen MR) is 76.4 cm³/mol. The first-order chi connectivity index (χ1) is 9.81. The van der Waals surface area contributed by atoms with E-state index in [0.717, 1.165) is 11.3 Å². The van der Waals surface area contributed by atoms with Crippen LogP contribution in [0.25, 0.3) is 16.9 Å². The number of carbonyl (C=O) groups is 1. The van der Waals surface area contributed by atoms with Crippen molar-refractivity contribution in [2.24, 2.45) is 0 Å². The van der Waals surface area contributed by atoms with Gasteiger partial charge in [0.25, 0.3) is 5.91 Å². The van der Waals surface area contributed by atoms with Crippen LogP contribution in [0.1, 0.15) is 17.3 Å². The molecule has 0 unspecified atom stereocenters. The summed E-state index contributed by atoms with van der Waals surface area (Å²) in [6, 6.07) is 11.8. The van der Waals surface area contributed by atoms with E-state index in [4.69, 9.17) is 0 Å². The number of nitrogens with zero attached hydrogens (tertiary/aromatic N) is 3. The van der Waals surface area contributed by atoms with Gasteiger partial charge in [0, 0.05) is 18.3 Å². The van der Waals surface area contributed by atoms with Gasteiger partial charge in [0.05, 0.1) is 11.9 Å². The molecule has 0 aliphatic carbocycles. The molecule has 0 bridgehead atoms. The number of nitrogens with one attached hydrogen (secondary N) is 1. The van der Waals surface area contributed by atoms with Crippen molar-refractivity contribution in [3.05, 3.63) is 54.4 Å². The lowest BCUT2D eigenvalue weighted by atomic mass is 10.1. The summed E-state index contributed by atoms with van der Waals surface area (Å²) < 4.78 is 1.69. The Labute approximate surface area is 116 Å². The van der Waals surface area contributed by atoms with E-state index in [9.17, 15) is 4.79 Å². The second-order valence-electron chi connectivity index (χ2n) is 4.35. The molecule has 0 aliphatic rings. The van der Waals surface area contributed by atoms with Crippen molar-refractivity contribution >= 4 is 11.6 Å². The predicted octanol–water partition coefficient (Wildman–Crippen LogP) is 2.15. The Morgan fingerprint density at radius 1 is 1.25 bits per heavy atom. The summed E-state index contributed by atoms with van der Waals surface area (Å²) in [6.45, 7) is 2.46. The Balaban J connectivity index is 2.15. The molecule has 5 nitrogen and oxygen atoms in total. The molecule has 2 heterocycles. The number of amides is 1. The van der Waals surface area contributed by atoms with Crippen LogP contribution in [-0.2, 0) is 0 Å². The van der Waals surface area contributed by atoms with Crippen molar-refractivity contribution in [3.63, 3.8) is 0 Å². The lowest BCUT2D eigenvalue weighted by Crippen LogP contribution is -2.22. The monoisotopic (exact) mass is 266 g/mol. The number of rotatable bonds is 3. The number of hydrogen-bond donors (Lipinski definition) is 1. The maximum absolute atomic E-state index is 12.0. The maximum atomic E-state index is 12.0. The average Bonchev–Trinajstić information content (AvgIpc) is 2.92. The van der Waals surface area contributed by atoms with Crippen LogP contribution in [0.4, 0.5) is 0 Å². The van der Waals surface area contributed by atoms with Gasteiger partial charge in [0.1, 0.15) is 5.56 Å². The molecule has 2 aromatic heterocycles. The zero-order chi connectivity index (χ0) is 13.9. The molecule has 1 amide bonds. The Bertz CT molecular complexity index is 749. The summed E-state index contributed by atoms with van der Waals surface area (Å²) >= 11 is 0. The molecule has 3 aromatic rings. The smallest absolute Gasteiger partial charge is 0.256 e. The zero-order valence-corrected chi connectivity index (χ0v) is 11.1. The average molecular weight is 266 g/mol. The van der Waals surface area contributed by atoms with Crippen LogP contribution < -0.4 is 5.32 Å². The molecule has 20 heavy (non-hydrogen) atoms. The van der Waals surface area contributed by atoms with Crippen LogP contribution in [0.2, 0.25) is 0 Å². The Kier molecular flexibility index (Phi) is 3.16. The first kappa shape index (κ1) is 12.3. The highest BCUT2D eigenvalue weighted by Crippen LogP contribution is 2.20. The summed E-state index contributed by atoms with van der Waals surface area (Å²) in [6.07, 6.45) is 3.25. The topological polar surface area (TPSA) is 59.3 Å². The van der Waals surface area contributed by atoms with Gasteiger partial charge in [-0.25, -0.2) is 9.50 Å². The molecule has 0 fully saturated rings. The van der Waals surface area contributed by atoms with Crippen LogP contribution in [-0.4, -0.2) is 27.0 Å². The summed E-state index contributed by atoms with van der Waals surface area (Å²) in [4.78, 5) is 16.2. The van der Waals surface area contributed by atoms with Crippen LogP contribution in [0.15, 0.2) is 48.8 Å². The van der Waals surface area contributed by atoms with E-state index in [-0.39, 0.29) is 5.91 Å².